The Kier molecular flexibility index (Phi) is 4.92. The lowest BCUT2D eigenvalue weighted by Crippen LogP contribution is -2.42. The van der Waals surface area contributed by atoms with Gasteiger partial charge in [-0.25, -0.2) is 17.8 Å². The smallest absolute Gasteiger partial charge is 0.265 e. The number of benzene rings is 1. The average molecular weight is 382 g/mol. The summed E-state index contributed by atoms with van der Waals surface area (Å²) in [5.74, 6) is -0.546. The predicted octanol–water partition coefficient (Wildman–Crippen LogP) is 2.98. The molecule has 25 heavy (non-hydrogen) atoms. The van der Waals surface area contributed by atoms with Crippen molar-refractivity contribution in [2.24, 2.45) is 0 Å². The van der Waals surface area contributed by atoms with Gasteiger partial charge in [0.05, 0.1) is 20.8 Å². The Morgan fingerprint density at radius 3 is 2.32 bits per heavy atom. The molecule has 134 valence electrons. The molecule has 5 nitrogen and oxygen atoms in total. The summed E-state index contributed by atoms with van der Waals surface area (Å²) in [6.07, 6.45) is 0.755. The van der Waals surface area contributed by atoms with Crippen molar-refractivity contribution >= 4 is 27.1 Å². The lowest BCUT2D eigenvalue weighted by molar-refractivity contribution is 0.0729. The van der Waals surface area contributed by atoms with Gasteiger partial charge in [0.1, 0.15) is 10.7 Å². The highest BCUT2D eigenvalue weighted by molar-refractivity contribution is 7.92. The molecule has 8 heteroatoms. The molecule has 1 aliphatic rings. The summed E-state index contributed by atoms with van der Waals surface area (Å²) in [6, 6.07) is 4.90. The van der Waals surface area contributed by atoms with Crippen LogP contribution in [0.5, 0.6) is 0 Å². The maximum absolute atomic E-state index is 13.0. The van der Waals surface area contributed by atoms with Crippen LogP contribution in [0.3, 0.4) is 0 Å². The third-order valence-corrected chi connectivity index (χ3v) is 7.75. The highest BCUT2D eigenvalue weighted by Crippen LogP contribution is 2.27. The molecular weight excluding hydrogens is 363 g/mol. The third-order valence-electron chi connectivity index (χ3n) is 4.41. The molecule has 0 saturated carbocycles. The van der Waals surface area contributed by atoms with E-state index in [0.29, 0.717) is 36.5 Å². The standard InChI is InChI=1S/C17H19FN2O3S2/c1-11-16(24-12(2)19-11)17(21)20-9-7-15(8-10-20)25(22,23)14-5-3-13(18)4-6-14/h3-6,15H,7-10H2,1-2H3. The summed E-state index contributed by atoms with van der Waals surface area (Å²) in [5, 5.41) is 0.293. The molecule has 1 fully saturated rings. The van der Waals surface area contributed by atoms with Gasteiger partial charge in [-0.05, 0) is 51.0 Å². The van der Waals surface area contributed by atoms with Crippen molar-refractivity contribution in [2.75, 3.05) is 13.1 Å². The maximum Gasteiger partial charge on any atom is 0.265 e. The Morgan fingerprint density at radius 1 is 1.20 bits per heavy atom. The number of halogens is 1. The van der Waals surface area contributed by atoms with Gasteiger partial charge in [-0.15, -0.1) is 11.3 Å². The van der Waals surface area contributed by atoms with Crippen LogP contribution in [0.25, 0.3) is 0 Å². The van der Waals surface area contributed by atoms with E-state index in [0.717, 1.165) is 17.1 Å². The first-order valence-electron chi connectivity index (χ1n) is 8.02. The Balaban J connectivity index is 1.70. The maximum atomic E-state index is 13.0. The third kappa shape index (κ3) is 3.59. The quantitative estimate of drug-likeness (QED) is 0.766. The van der Waals surface area contributed by atoms with Crippen molar-refractivity contribution < 1.29 is 17.6 Å². The lowest BCUT2D eigenvalue weighted by atomic mass is 10.1. The van der Waals surface area contributed by atoms with Gasteiger partial charge in [0.2, 0.25) is 0 Å². The second-order valence-corrected chi connectivity index (χ2v) is 9.57. The summed E-state index contributed by atoms with van der Waals surface area (Å²) in [6.45, 7) is 4.44. The number of hydrogen-bond donors (Lipinski definition) is 0. The SMILES string of the molecule is Cc1nc(C)c(C(=O)N2CCC(S(=O)(=O)c3ccc(F)cc3)CC2)s1. The predicted molar refractivity (Wildman–Crippen MR) is 94.1 cm³/mol. The molecule has 0 spiro atoms. The Morgan fingerprint density at radius 2 is 1.80 bits per heavy atom. The molecule has 0 N–H and O–H groups in total. The number of carbonyl (C=O) groups excluding carboxylic acids is 1. The van der Waals surface area contributed by atoms with Crippen LogP contribution in [-0.4, -0.2) is 42.5 Å². The number of rotatable bonds is 3. The van der Waals surface area contributed by atoms with Gasteiger partial charge < -0.3 is 4.90 Å². The van der Waals surface area contributed by atoms with Gasteiger partial charge in [0.25, 0.3) is 5.91 Å². The molecule has 0 bridgehead atoms. The molecule has 1 amide bonds. The van der Waals surface area contributed by atoms with E-state index < -0.39 is 20.9 Å². The van der Waals surface area contributed by atoms with Gasteiger partial charge in [0.15, 0.2) is 9.84 Å². The molecule has 0 radical (unpaired) electrons. The molecule has 1 saturated heterocycles. The molecule has 1 aliphatic heterocycles. The van der Waals surface area contributed by atoms with Crippen molar-refractivity contribution in [3.05, 3.63) is 45.7 Å². The van der Waals surface area contributed by atoms with Crippen molar-refractivity contribution in [3.8, 4) is 0 Å². The first-order chi connectivity index (χ1) is 11.8. The van der Waals surface area contributed by atoms with Crippen molar-refractivity contribution in [2.45, 2.75) is 36.8 Å². The number of carbonyl (C=O) groups is 1. The number of nitrogens with zero attached hydrogens (tertiary/aromatic N) is 2. The number of sulfone groups is 1. The van der Waals surface area contributed by atoms with Crippen LogP contribution in [0.15, 0.2) is 29.2 Å². The van der Waals surface area contributed by atoms with Gasteiger partial charge in [-0.2, -0.15) is 0 Å². The number of aryl methyl sites for hydroxylation is 2. The van der Waals surface area contributed by atoms with E-state index in [2.05, 4.69) is 4.98 Å². The molecule has 3 rings (SSSR count). The zero-order valence-electron chi connectivity index (χ0n) is 14.0. The number of likely N-dealkylation sites (tertiary alicyclic amines) is 1. The van der Waals surface area contributed by atoms with E-state index in [9.17, 15) is 17.6 Å². The van der Waals surface area contributed by atoms with Crippen molar-refractivity contribution in [3.63, 3.8) is 0 Å². The van der Waals surface area contributed by atoms with Crippen LogP contribution < -0.4 is 0 Å². The first kappa shape index (κ1) is 18.0. The molecule has 0 unspecified atom stereocenters. The summed E-state index contributed by atoms with van der Waals surface area (Å²) in [5.41, 5.74) is 0.716. The fourth-order valence-corrected chi connectivity index (χ4v) is 5.68. The molecule has 0 aliphatic carbocycles. The van der Waals surface area contributed by atoms with E-state index in [-0.39, 0.29) is 10.8 Å². The van der Waals surface area contributed by atoms with Crippen LogP contribution in [0.1, 0.15) is 33.2 Å². The largest absolute Gasteiger partial charge is 0.338 e. The van der Waals surface area contributed by atoms with Crippen LogP contribution >= 0.6 is 11.3 Å². The van der Waals surface area contributed by atoms with E-state index in [1.807, 2.05) is 13.8 Å². The van der Waals surface area contributed by atoms with Crippen LogP contribution in [-0.2, 0) is 9.84 Å². The van der Waals surface area contributed by atoms with Crippen molar-refractivity contribution in [1.82, 2.24) is 9.88 Å². The van der Waals surface area contributed by atoms with Crippen LogP contribution in [0, 0.1) is 19.7 Å². The van der Waals surface area contributed by atoms with Crippen LogP contribution in [0.4, 0.5) is 4.39 Å². The molecule has 2 aromatic rings. The molecular formula is C17H19FN2O3S2. The number of piperidine rings is 1. The second kappa shape index (κ2) is 6.84. The van der Waals surface area contributed by atoms with Gasteiger partial charge >= 0.3 is 0 Å². The monoisotopic (exact) mass is 382 g/mol. The van der Waals surface area contributed by atoms with Crippen molar-refractivity contribution in [1.29, 1.82) is 0 Å². The number of thiazole rings is 1. The highest BCUT2D eigenvalue weighted by atomic mass is 32.2. The number of hydrogen-bond acceptors (Lipinski definition) is 5. The molecule has 1 aromatic heterocycles. The lowest BCUT2D eigenvalue weighted by Gasteiger charge is -2.31. The van der Waals surface area contributed by atoms with Gasteiger partial charge in [0, 0.05) is 13.1 Å². The average Bonchev–Trinajstić information content (AvgIpc) is 2.93. The van der Waals surface area contributed by atoms with Gasteiger partial charge in [-0.3, -0.25) is 4.79 Å². The Labute approximate surface area is 150 Å². The highest BCUT2D eigenvalue weighted by Gasteiger charge is 2.33. The fraction of sp³-hybridized carbons (Fsp3) is 0.412. The first-order valence-corrected chi connectivity index (χ1v) is 10.4. The number of aromatic nitrogens is 1. The van der Waals surface area contributed by atoms with E-state index in [1.54, 1.807) is 4.90 Å². The second-order valence-electron chi connectivity index (χ2n) is 6.14. The summed E-state index contributed by atoms with van der Waals surface area (Å²) in [4.78, 5) is 19.3. The minimum Gasteiger partial charge on any atom is -0.338 e. The topological polar surface area (TPSA) is 67.3 Å². The van der Waals surface area contributed by atoms with Crippen LogP contribution in [0.2, 0.25) is 0 Å². The normalized spacial score (nSPS) is 16.2. The molecule has 1 aromatic carbocycles. The Bertz CT molecular complexity index is 883. The van der Waals surface area contributed by atoms with E-state index in [4.69, 9.17) is 0 Å². The zero-order chi connectivity index (χ0) is 18.2. The molecule has 2 heterocycles. The number of amides is 1. The minimum absolute atomic E-state index is 0.0827. The minimum atomic E-state index is -3.51. The fourth-order valence-electron chi connectivity index (χ4n) is 3.06. The Hall–Kier alpha value is -1.80. The summed E-state index contributed by atoms with van der Waals surface area (Å²) >= 11 is 1.36. The summed E-state index contributed by atoms with van der Waals surface area (Å²) in [7, 11) is -3.51. The van der Waals surface area contributed by atoms with E-state index >= 15 is 0 Å². The zero-order valence-corrected chi connectivity index (χ0v) is 15.7. The summed E-state index contributed by atoms with van der Waals surface area (Å²) < 4.78 is 38.3. The van der Waals surface area contributed by atoms with Gasteiger partial charge in [-0.1, -0.05) is 0 Å². The molecule has 0 atom stereocenters. The van der Waals surface area contributed by atoms with E-state index in [1.165, 1.54) is 23.5 Å².